The Morgan fingerprint density at radius 1 is 1.61 bits per heavy atom. The van der Waals surface area contributed by atoms with Crippen molar-refractivity contribution in [2.24, 2.45) is 5.73 Å². The number of ether oxygens (including phenoxy) is 1. The van der Waals surface area contributed by atoms with E-state index in [2.05, 4.69) is 10.2 Å². The maximum Gasteiger partial charge on any atom is 0.325 e. The Hall–Kier alpha value is -1.08. The van der Waals surface area contributed by atoms with Crippen molar-refractivity contribution >= 4 is 17.7 Å². The molecule has 2 rings (SSSR count). The summed E-state index contributed by atoms with van der Waals surface area (Å²) >= 11 is 1.49. The summed E-state index contributed by atoms with van der Waals surface area (Å²) < 4.78 is 10.1. The lowest BCUT2D eigenvalue weighted by Crippen LogP contribution is -2.52. The van der Waals surface area contributed by atoms with Crippen LogP contribution in [0.1, 0.15) is 31.6 Å². The molecule has 1 aliphatic carbocycles. The normalized spacial score (nSPS) is 28.1. The summed E-state index contributed by atoms with van der Waals surface area (Å²) in [5.41, 5.74) is 5.23. The number of aryl methyl sites for hydroxylation is 1. The van der Waals surface area contributed by atoms with E-state index in [-0.39, 0.29) is 11.2 Å². The third kappa shape index (κ3) is 2.84. The zero-order chi connectivity index (χ0) is 13.2. The van der Waals surface area contributed by atoms with E-state index >= 15 is 0 Å². The maximum absolute atomic E-state index is 11.7. The van der Waals surface area contributed by atoms with Crippen LogP contribution in [-0.2, 0) is 9.53 Å². The van der Waals surface area contributed by atoms with E-state index in [4.69, 9.17) is 14.9 Å². The summed E-state index contributed by atoms with van der Waals surface area (Å²) in [5.74, 6) is 0.204. The van der Waals surface area contributed by atoms with Gasteiger partial charge in [0.15, 0.2) is 0 Å². The van der Waals surface area contributed by atoms with Crippen LogP contribution in [0.4, 0.5) is 0 Å². The third-order valence-electron chi connectivity index (χ3n) is 3.11. The number of thioether (sulfide) groups is 1. The Morgan fingerprint density at radius 3 is 3.00 bits per heavy atom. The summed E-state index contributed by atoms with van der Waals surface area (Å²) in [7, 11) is 1.37. The van der Waals surface area contributed by atoms with Gasteiger partial charge in [-0.2, -0.15) is 0 Å². The van der Waals surface area contributed by atoms with Crippen LogP contribution in [0.5, 0.6) is 0 Å². The molecule has 0 bridgehead atoms. The lowest BCUT2D eigenvalue weighted by Gasteiger charge is -2.34. The van der Waals surface area contributed by atoms with Crippen LogP contribution in [-0.4, -0.2) is 34.1 Å². The third-order valence-corrected chi connectivity index (χ3v) is 4.21. The van der Waals surface area contributed by atoms with Gasteiger partial charge in [0.25, 0.3) is 5.22 Å². The summed E-state index contributed by atoms with van der Waals surface area (Å²) in [4.78, 5) is 11.7. The average Bonchev–Trinajstić information content (AvgIpc) is 2.73. The highest BCUT2D eigenvalue weighted by Crippen LogP contribution is 2.37. The predicted molar refractivity (Wildman–Crippen MR) is 66.1 cm³/mol. The second-order valence-electron chi connectivity index (χ2n) is 4.57. The number of esters is 1. The van der Waals surface area contributed by atoms with E-state index in [1.54, 1.807) is 6.92 Å². The predicted octanol–water partition coefficient (Wildman–Crippen LogP) is 1.28. The molecule has 1 aliphatic rings. The molecule has 0 amide bonds. The Morgan fingerprint density at radius 2 is 2.39 bits per heavy atom. The molecule has 0 spiro atoms. The van der Waals surface area contributed by atoms with Gasteiger partial charge in [0.05, 0.1) is 7.11 Å². The Bertz CT molecular complexity index is 437. The van der Waals surface area contributed by atoms with Crippen LogP contribution < -0.4 is 5.73 Å². The highest BCUT2D eigenvalue weighted by molar-refractivity contribution is 7.99. The Labute approximate surface area is 110 Å². The molecule has 0 aliphatic heterocycles. The van der Waals surface area contributed by atoms with Crippen molar-refractivity contribution in [3.8, 4) is 0 Å². The van der Waals surface area contributed by atoms with Gasteiger partial charge in [-0.05, 0) is 25.7 Å². The highest BCUT2D eigenvalue weighted by Gasteiger charge is 2.41. The number of aromatic nitrogens is 2. The largest absolute Gasteiger partial charge is 0.468 e. The van der Waals surface area contributed by atoms with Crippen molar-refractivity contribution < 1.29 is 13.9 Å². The van der Waals surface area contributed by atoms with Crippen molar-refractivity contribution in [2.75, 3.05) is 7.11 Å². The number of methoxy groups -OCH3 is 1. The zero-order valence-corrected chi connectivity index (χ0v) is 11.3. The van der Waals surface area contributed by atoms with Crippen molar-refractivity contribution in [3.05, 3.63) is 5.89 Å². The molecule has 100 valence electrons. The quantitative estimate of drug-likeness (QED) is 0.828. The maximum atomic E-state index is 11.7. The lowest BCUT2D eigenvalue weighted by atomic mass is 9.82. The van der Waals surface area contributed by atoms with Crippen molar-refractivity contribution in [2.45, 2.75) is 48.6 Å². The second-order valence-corrected chi connectivity index (χ2v) is 5.82. The summed E-state index contributed by atoms with van der Waals surface area (Å²) in [6.45, 7) is 1.75. The fourth-order valence-corrected chi connectivity index (χ4v) is 3.42. The summed E-state index contributed by atoms with van der Waals surface area (Å²) in [5, 5.41) is 8.47. The van der Waals surface area contributed by atoms with Gasteiger partial charge in [0.1, 0.15) is 5.54 Å². The summed E-state index contributed by atoms with van der Waals surface area (Å²) in [6, 6.07) is 0. The molecule has 1 heterocycles. The van der Waals surface area contributed by atoms with Crippen LogP contribution in [0.2, 0.25) is 0 Å². The van der Waals surface area contributed by atoms with Gasteiger partial charge in [0.2, 0.25) is 5.89 Å². The Kier molecular flexibility index (Phi) is 3.91. The number of nitrogens with zero attached hydrogens (tertiary/aromatic N) is 2. The first-order chi connectivity index (χ1) is 8.53. The van der Waals surface area contributed by atoms with Gasteiger partial charge in [-0.3, -0.25) is 4.79 Å². The number of carbonyl (C=O) groups excluding carboxylic acids is 1. The minimum atomic E-state index is -0.875. The lowest BCUT2D eigenvalue weighted by molar-refractivity contribution is -0.148. The summed E-state index contributed by atoms with van der Waals surface area (Å²) in [6.07, 6.45) is 3.13. The fraction of sp³-hybridized carbons (Fsp3) is 0.727. The number of hydrogen-bond acceptors (Lipinski definition) is 7. The van der Waals surface area contributed by atoms with Gasteiger partial charge in [0, 0.05) is 12.2 Å². The van der Waals surface area contributed by atoms with E-state index in [0.29, 0.717) is 24.0 Å². The Balaban J connectivity index is 2.00. The first-order valence-electron chi connectivity index (χ1n) is 5.87. The van der Waals surface area contributed by atoms with Gasteiger partial charge in [-0.25, -0.2) is 0 Å². The van der Waals surface area contributed by atoms with Crippen LogP contribution in [0.25, 0.3) is 0 Å². The first kappa shape index (κ1) is 13.4. The molecular weight excluding hydrogens is 254 g/mol. The van der Waals surface area contributed by atoms with Crippen molar-refractivity contribution in [1.82, 2.24) is 10.2 Å². The molecular formula is C11H17N3O3S. The molecule has 2 atom stereocenters. The van der Waals surface area contributed by atoms with E-state index in [9.17, 15) is 4.79 Å². The van der Waals surface area contributed by atoms with Gasteiger partial charge in [-0.1, -0.05) is 11.8 Å². The SMILES string of the molecule is COC(=O)C1(N)CCCC(Sc2nnc(C)o2)C1. The smallest absolute Gasteiger partial charge is 0.325 e. The van der Waals surface area contributed by atoms with Crippen LogP contribution >= 0.6 is 11.8 Å². The van der Waals surface area contributed by atoms with E-state index in [0.717, 1.165) is 12.8 Å². The molecule has 2 unspecified atom stereocenters. The highest BCUT2D eigenvalue weighted by atomic mass is 32.2. The number of carbonyl (C=O) groups is 1. The average molecular weight is 271 g/mol. The van der Waals surface area contributed by atoms with E-state index in [1.807, 2.05) is 0 Å². The minimum Gasteiger partial charge on any atom is -0.468 e. The van der Waals surface area contributed by atoms with E-state index < -0.39 is 5.54 Å². The molecule has 1 aromatic rings. The van der Waals surface area contributed by atoms with Crippen LogP contribution in [0.15, 0.2) is 9.64 Å². The number of rotatable bonds is 3. The molecule has 6 nitrogen and oxygen atoms in total. The van der Waals surface area contributed by atoms with Crippen molar-refractivity contribution in [3.63, 3.8) is 0 Å². The fourth-order valence-electron chi connectivity index (χ4n) is 2.21. The molecule has 1 fully saturated rings. The van der Waals surface area contributed by atoms with Gasteiger partial charge >= 0.3 is 5.97 Å². The molecule has 18 heavy (non-hydrogen) atoms. The topological polar surface area (TPSA) is 91.2 Å². The van der Waals surface area contributed by atoms with Crippen molar-refractivity contribution in [1.29, 1.82) is 0 Å². The number of hydrogen-bond donors (Lipinski definition) is 1. The molecule has 1 saturated carbocycles. The van der Waals surface area contributed by atoms with Gasteiger partial charge < -0.3 is 14.9 Å². The van der Waals surface area contributed by atoms with E-state index in [1.165, 1.54) is 18.9 Å². The second kappa shape index (κ2) is 5.27. The minimum absolute atomic E-state index is 0.211. The molecule has 0 aromatic carbocycles. The molecule has 0 saturated heterocycles. The first-order valence-corrected chi connectivity index (χ1v) is 6.75. The zero-order valence-electron chi connectivity index (χ0n) is 10.5. The molecule has 7 heteroatoms. The molecule has 0 radical (unpaired) electrons. The van der Waals surface area contributed by atoms with Gasteiger partial charge in [-0.15, -0.1) is 10.2 Å². The molecule has 1 aromatic heterocycles. The standard InChI is InChI=1S/C11H17N3O3S/c1-7-13-14-10(17-7)18-8-4-3-5-11(12,6-8)9(15)16-2/h8H,3-6,12H2,1-2H3. The monoisotopic (exact) mass is 271 g/mol. The van der Waals surface area contributed by atoms with Crippen LogP contribution in [0.3, 0.4) is 0 Å². The molecule has 2 N–H and O–H groups in total. The van der Waals surface area contributed by atoms with Crippen LogP contribution in [0, 0.1) is 6.92 Å². The number of nitrogens with two attached hydrogens (primary N) is 1.